The maximum Gasteiger partial charge on any atom is 0.232 e. The lowest BCUT2D eigenvalue weighted by atomic mass is 9.96. The lowest BCUT2D eigenvalue weighted by Gasteiger charge is -2.22. The van der Waals surface area contributed by atoms with Crippen LogP contribution >= 0.6 is 0 Å². The van der Waals surface area contributed by atoms with E-state index in [1.165, 1.54) is 18.4 Å². The highest BCUT2D eigenvalue weighted by molar-refractivity contribution is 5.79. The molecule has 0 fully saturated rings. The van der Waals surface area contributed by atoms with Crippen molar-refractivity contribution < 1.29 is 9.32 Å². The number of aryl methyl sites for hydroxylation is 1. The number of carbonyl (C=O) groups is 1. The molecular formula is C21H31N3O2. The Hall–Kier alpha value is -2.17. The molecule has 0 aliphatic rings. The van der Waals surface area contributed by atoms with Crippen LogP contribution in [0.1, 0.15) is 77.2 Å². The number of nitrogens with one attached hydrogen (secondary N) is 1. The molecule has 0 atom stereocenters. The van der Waals surface area contributed by atoms with Gasteiger partial charge in [0.25, 0.3) is 0 Å². The van der Waals surface area contributed by atoms with Crippen molar-refractivity contribution in [2.45, 2.75) is 78.2 Å². The largest absolute Gasteiger partial charge is 0.344 e. The Morgan fingerprint density at radius 1 is 1.08 bits per heavy atom. The second-order valence-corrected chi connectivity index (χ2v) is 8.44. The van der Waals surface area contributed by atoms with Gasteiger partial charge in [0, 0.05) is 5.41 Å². The van der Waals surface area contributed by atoms with Gasteiger partial charge in [0.1, 0.15) is 0 Å². The summed E-state index contributed by atoms with van der Waals surface area (Å²) in [5.74, 6) is 1.00. The summed E-state index contributed by atoms with van der Waals surface area (Å²) in [5, 5.41) is 7.06. The maximum atomic E-state index is 12.5. The Kier molecular flexibility index (Phi) is 6.21. The first-order chi connectivity index (χ1) is 12.1. The number of hydrogen-bond donors (Lipinski definition) is 1. The van der Waals surface area contributed by atoms with Gasteiger partial charge in [-0.15, -0.1) is 0 Å². The fourth-order valence-electron chi connectivity index (χ4n) is 2.62. The van der Waals surface area contributed by atoms with Crippen molar-refractivity contribution in [2.75, 3.05) is 0 Å². The van der Waals surface area contributed by atoms with Gasteiger partial charge in [-0.1, -0.05) is 63.5 Å². The SMILES string of the molecule is CCCCc1ccc(CC(=O)NC(C)(C)c2noc(C(C)(C)C)n2)cc1. The number of aromatic nitrogens is 2. The number of carbonyl (C=O) groups excluding carboxylic acids is 1. The van der Waals surface area contributed by atoms with E-state index in [2.05, 4.69) is 34.5 Å². The first kappa shape index (κ1) is 20.1. The highest BCUT2D eigenvalue weighted by Gasteiger charge is 2.31. The van der Waals surface area contributed by atoms with Crippen LogP contribution in [0.3, 0.4) is 0 Å². The molecule has 26 heavy (non-hydrogen) atoms. The summed E-state index contributed by atoms with van der Waals surface area (Å²) in [7, 11) is 0. The average Bonchev–Trinajstić information content (AvgIpc) is 3.05. The summed E-state index contributed by atoms with van der Waals surface area (Å²) in [6, 6.07) is 8.28. The van der Waals surface area contributed by atoms with E-state index < -0.39 is 5.54 Å². The van der Waals surface area contributed by atoms with E-state index in [4.69, 9.17) is 4.52 Å². The summed E-state index contributed by atoms with van der Waals surface area (Å²) in [4.78, 5) is 16.9. The topological polar surface area (TPSA) is 68.0 Å². The number of hydrogen-bond acceptors (Lipinski definition) is 4. The standard InChI is InChI=1S/C21H31N3O2/c1-7-8-9-15-10-12-16(13-11-15)14-17(25)23-21(5,6)18-22-19(26-24-18)20(2,3)4/h10-13H,7-9,14H2,1-6H3,(H,23,25). The van der Waals surface area contributed by atoms with E-state index in [0.717, 1.165) is 12.0 Å². The summed E-state index contributed by atoms with van der Waals surface area (Å²) >= 11 is 0. The molecule has 1 aromatic heterocycles. The molecule has 0 saturated carbocycles. The molecular weight excluding hydrogens is 326 g/mol. The van der Waals surface area contributed by atoms with Gasteiger partial charge in [-0.3, -0.25) is 4.79 Å². The van der Waals surface area contributed by atoms with E-state index in [0.29, 0.717) is 18.1 Å². The van der Waals surface area contributed by atoms with Crippen molar-refractivity contribution in [3.05, 3.63) is 47.1 Å². The second kappa shape index (κ2) is 8.02. The van der Waals surface area contributed by atoms with Gasteiger partial charge in [0.2, 0.25) is 11.8 Å². The molecule has 5 heteroatoms. The van der Waals surface area contributed by atoms with Crippen LogP contribution in [0.2, 0.25) is 0 Å². The molecule has 0 bridgehead atoms. The molecule has 0 saturated heterocycles. The molecule has 1 aromatic carbocycles. The number of amides is 1. The Balaban J connectivity index is 1.98. The fraction of sp³-hybridized carbons (Fsp3) is 0.571. The molecule has 5 nitrogen and oxygen atoms in total. The fourth-order valence-corrected chi connectivity index (χ4v) is 2.62. The molecule has 1 N–H and O–H groups in total. The second-order valence-electron chi connectivity index (χ2n) is 8.44. The van der Waals surface area contributed by atoms with E-state index in [-0.39, 0.29) is 11.3 Å². The number of rotatable bonds is 7. The predicted octanol–water partition coefficient (Wildman–Crippen LogP) is 4.30. The van der Waals surface area contributed by atoms with Crippen LogP contribution in [-0.2, 0) is 28.6 Å². The normalized spacial score (nSPS) is 12.2. The van der Waals surface area contributed by atoms with Crippen LogP contribution in [0.5, 0.6) is 0 Å². The molecule has 142 valence electrons. The minimum absolute atomic E-state index is 0.0570. The number of benzene rings is 1. The minimum atomic E-state index is -0.689. The smallest absolute Gasteiger partial charge is 0.232 e. The Labute approximate surface area is 156 Å². The Morgan fingerprint density at radius 3 is 2.23 bits per heavy atom. The monoisotopic (exact) mass is 357 g/mol. The molecule has 0 aliphatic carbocycles. The third-order valence-electron chi connectivity index (χ3n) is 4.29. The van der Waals surface area contributed by atoms with Gasteiger partial charge in [-0.05, 0) is 37.8 Å². The van der Waals surface area contributed by atoms with E-state index in [1.54, 1.807) is 0 Å². The van der Waals surface area contributed by atoms with Crippen LogP contribution in [0, 0.1) is 0 Å². The molecule has 2 rings (SSSR count). The molecule has 1 heterocycles. The summed E-state index contributed by atoms with van der Waals surface area (Å²) in [6.07, 6.45) is 3.80. The van der Waals surface area contributed by atoms with Crippen molar-refractivity contribution in [2.24, 2.45) is 0 Å². The molecule has 0 unspecified atom stereocenters. The van der Waals surface area contributed by atoms with Gasteiger partial charge >= 0.3 is 0 Å². The van der Waals surface area contributed by atoms with Crippen molar-refractivity contribution in [1.82, 2.24) is 15.5 Å². The van der Waals surface area contributed by atoms with Crippen LogP contribution in [0.25, 0.3) is 0 Å². The predicted molar refractivity (Wildman–Crippen MR) is 103 cm³/mol. The lowest BCUT2D eigenvalue weighted by Crippen LogP contribution is -2.42. The zero-order valence-electron chi connectivity index (χ0n) is 16.8. The van der Waals surface area contributed by atoms with Crippen LogP contribution in [-0.4, -0.2) is 16.0 Å². The zero-order valence-corrected chi connectivity index (χ0v) is 16.8. The highest BCUT2D eigenvalue weighted by atomic mass is 16.5. The van der Waals surface area contributed by atoms with E-state index in [1.807, 2.05) is 46.8 Å². The molecule has 0 aliphatic heterocycles. The first-order valence-corrected chi connectivity index (χ1v) is 9.35. The molecule has 0 spiro atoms. The van der Waals surface area contributed by atoms with Crippen LogP contribution in [0.15, 0.2) is 28.8 Å². The van der Waals surface area contributed by atoms with E-state index >= 15 is 0 Å². The van der Waals surface area contributed by atoms with Gasteiger partial charge in [0.05, 0.1) is 12.0 Å². The van der Waals surface area contributed by atoms with Crippen LogP contribution in [0.4, 0.5) is 0 Å². The Bertz CT molecular complexity index is 724. The van der Waals surface area contributed by atoms with Gasteiger partial charge in [-0.25, -0.2) is 0 Å². The molecule has 2 aromatic rings. The number of nitrogens with zero attached hydrogens (tertiary/aromatic N) is 2. The summed E-state index contributed by atoms with van der Waals surface area (Å²) < 4.78 is 5.35. The van der Waals surface area contributed by atoms with Crippen molar-refractivity contribution in [3.63, 3.8) is 0 Å². The zero-order chi connectivity index (χ0) is 19.4. The van der Waals surface area contributed by atoms with Crippen molar-refractivity contribution >= 4 is 5.91 Å². The first-order valence-electron chi connectivity index (χ1n) is 9.35. The van der Waals surface area contributed by atoms with Crippen molar-refractivity contribution in [1.29, 1.82) is 0 Å². The number of unbranched alkanes of at least 4 members (excludes halogenated alkanes) is 1. The lowest BCUT2D eigenvalue weighted by molar-refractivity contribution is -0.122. The van der Waals surface area contributed by atoms with Gasteiger partial charge in [-0.2, -0.15) is 4.98 Å². The Morgan fingerprint density at radius 2 is 1.69 bits per heavy atom. The van der Waals surface area contributed by atoms with Crippen LogP contribution < -0.4 is 5.32 Å². The van der Waals surface area contributed by atoms with Gasteiger partial charge in [0.15, 0.2) is 5.82 Å². The molecule has 0 radical (unpaired) electrons. The summed E-state index contributed by atoms with van der Waals surface area (Å²) in [5.41, 5.74) is 1.41. The average molecular weight is 357 g/mol. The van der Waals surface area contributed by atoms with Gasteiger partial charge < -0.3 is 9.84 Å². The van der Waals surface area contributed by atoms with E-state index in [9.17, 15) is 4.79 Å². The maximum absolute atomic E-state index is 12.5. The quantitative estimate of drug-likeness (QED) is 0.802. The summed E-state index contributed by atoms with van der Waals surface area (Å²) in [6.45, 7) is 12.0. The molecule has 1 amide bonds. The minimum Gasteiger partial charge on any atom is -0.344 e. The third kappa shape index (κ3) is 5.41. The highest BCUT2D eigenvalue weighted by Crippen LogP contribution is 2.24. The third-order valence-corrected chi connectivity index (χ3v) is 4.29. The van der Waals surface area contributed by atoms with Crippen molar-refractivity contribution in [3.8, 4) is 0 Å².